The predicted molar refractivity (Wildman–Crippen MR) is 59.6 cm³/mol. The number of carbonyl (C=O) groups is 1. The molecular formula is C10H19NO8. The highest BCUT2D eigenvalue weighted by Crippen LogP contribution is 2.24. The number of carbonyl (C=O) groups excluding carboxylic acids is 1. The van der Waals surface area contributed by atoms with Crippen LogP contribution in [0.5, 0.6) is 0 Å². The van der Waals surface area contributed by atoms with E-state index < -0.39 is 54.7 Å². The molecule has 0 amide bonds. The van der Waals surface area contributed by atoms with Gasteiger partial charge in [0.1, 0.15) is 36.6 Å². The number of nitrogens with two attached hydrogens (primary N) is 1. The van der Waals surface area contributed by atoms with E-state index in [9.17, 15) is 30.3 Å². The number of hydrogen-bond donors (Lipinski definition) is 7. The number of hydrogen-bond acceptors (Lipinski definition) is 9. The molecule has 1 saturated carbocycles. The van der Waals surface area contributed by atoms with Gasteiger partial charge in [-0.1, -0.05) is 0 Å². The van der Waals surface area contributed by atoms with Crippen molar-refractivity contribution in [2.45, 2.75) is 55.7 Å². The van der Waals surface area contributed by atoms with Crippen molar-refractivity contribution in [3.8, 4) is 0 Å². The second kappa shape index (κ2) is 6.09. The van der Waals surface area contributed by atoms with Gasteiger partial charge in [0, 0.05) is 0 Å². The highest BCUT2D eigenvalue weighted by molar-refractivity contribution is 5.76. The normalized spacial score (nSPS) is 42.5. The first-order valence-corrected chi connectivity index (χ1v) is 5.73. The summed E-state index contributed by atoms with van der Waals surface area (Å²) in [6, 6.07) is -1.40. The van der Waals surface area contributed by atoms with E-state index >= 15 is 0 Å². The van der Waals surface area contributed by atoms with Crippen LogP contribution in [0.25, 0.3) is 0 Å². The lowest BCUT2D eigenvalue weighted by molar-refractivity contribution is -0.234. The molecular weight excluding hydrogens is 262 g/mol. The second-order valence-electron chi connectivity index (χ2n) is 4.62. The van der Waals surface area contributed by atoms with Gasteiger partial charge < -0.3 is 41.1 Å². The standard InChI is InChI=1S/C10H19NO8/c1-2(12)3(11)10(18)19-9-7(16)5(14)4(13)6(15)8(9)17/h2-9,12-17H,11H2,1H3/t2-,3+,4?,5?,6?,7?,8?,9?/m1/s1. The second-order valence-corrected chi connectivity index (χ2v) is 4.62. The van der Waals surface area contributed by atoms with Crippen molar-refractivity contribution in [2.24, 2.45) is 5.73 Å². The molecule has 8 N–H and O–H groups in total. The molecule has 0 aromatic heterocycles. The number of aliphatic hydroxyl groups excluding tert-OH is 6. The third-order valence-electron chi connectivity index (χ3n) is 3.12. The number of esters is 1. The fourth-order valence-corrected chi connectivity index (χ4v) is 1.75. The topological polar surface area (TPSA) is 174 Å². The zero-order valence-electron chi connectivity index (χ0n) is 10.2. The SMILES string of the molecule is C[C@@H](O)[C@H](N)C(=O)OC1C(O)C(O)C(O)C(O)C1O. The summed E-state index contributed by atoms with van der Waals surface area (Å²) in [5.74, 6) is -1.12. The summed E-state index contributed by atoms with van der Waals surface area (Å²) in [6.45, 7) is 1.24. The Balaban J connectivity index is 2.78. The molecule has 0 saturated heterocycles. The Hall–Kier alpha value is -0.810. The Morgan fingerprint density at radius 1 is 1.00 bits per heavy atom. The molecule has 112 valence electrons. The quantitative estimate of drug-likeness (QED) is 0.251. The predicted octanol–water partition coefficient (Wildman–Crippen LogP) is -4.58. The highest BCUT2D eigenvalue weighted by atomic mass is 16.6. The molecule has 9 nitrogen and oxygen atoms in total. The molecule has 0 aromatic carbocycles. The smallest absolute Gasteiger partial charge is 0.326 e. The van der Waals surface area contributed by atoms with Crippen LogP contribution in [-0.4, -0.2) is 85.4 Å². The van der Waals surface area contributed by atoms with E-state index in [1.807, 2.05) is 0 Å². The van der Waals surface area contributed by atoms with E-state index in [2.05, 4.69) is 4.74 Å². The molecule has 0 bridgehead atoms. The average Bonchev–Trinajstić information content (AvgIpc) is 2.37. The summed E-state index contributed by atoms with van der Waals surface area (Å²) in [4.78, 5) is 11.5. The van der Waals surface area contributed by atoms with E-state index in [-0.39, 0.29) is 0 Å². The van der Waals surface area contributed by atoms with Gasteiger partial charge >= 0.3 is 5.97 Å². The van der Waals surface area contributed by atoms with Gasteiger partial charge in [0.15, 0.2) is 6.10 Å². The summed E-state index contributed by atoms with van der Waals surface area (Å²) < 4.78 is 4.67. The summed E-state index contributed by atoms with van der Waals surface area (Å²) in [6.07, 6.45) is -11.8. The lowest BCUT2D eigenvalue weighted by Crippen LogP contribution is -2.65. The summed E-state index contributed by atoms with van der Waals surface area (Å²) >= 11 is 0. The van der Waals surface area contributed by atoms with Gasteiger partial charge in [-0.05, 0) is 6.92 Å². The van der Waals surface area contributed by atoms with Crippen molar-refractivity contribution < 1.29 is 40.2 Å². The first-order valence-electron chi connectivity index (χ1n) is 5.73. The Bertz CT molecular complexity index is 309. The minimum Gasteiger partial charge on any atom is -0.455 e. The van der Waals surface area contributed by atoms with Crippen LogP contribution < -0.4 is 5.73 Å². The first kappa shape index (κ1) is 16.2. The number of aliphatic hydroxyl groups is 6. The van der Waals surface area contributed by atoms with Crippen LogP contribution in [0.2, 0.25) is 0 Å². The van der Waals surface area contributed by atoms with Gasteiger partial charge in [0.25, 0.3) is 0 Å². The van der Waals surface area contributed by atoms with Crippen molar-refractivity contribution in [1.29, 1.82) is 0 Å². The molecule has 9 heteroatoms. The largest absolute Gasteiger partial charge is 0.455 e. The fraction of sp³-hybridized carbons (Fsp3) is 0.900. The van der Waals surface area contributed by atoms with Gasteiger partial charge in [0.2, 0.25) is 0 Å². The summed E-state index contributed by atoms with van der Waals surface area (Å²) in [5.41, 5.74) is 5.30. The molecule has 4 unspecified atom stereocenters. The third kappa shape index (κ3) is 3.20. The fourth-order valence-electron chi connectivity index (χ4n) is 1.75. The Kier molecular flexibility index (Phi) is 5.21. The molecule has 1 fully saturated rings. The van der Waals surface area contributed by atoms with Crippen LogP contribution in [0.1, 0.15) is 6.92 Å². The first-order chi connectivity index (χ1) is 8.68. The van der Waals surface area contributed by atoms with Crippen LogP contribution in [-0.2, 0) is 9.53 Å². The van der Waals surface area contributed by atoms with Gasteiger partial charge in [-0.15, -0.1) is 0 Å². The van der Waals surface area contributed by atoms with Crippen LogP contribution in [0.15, 0.2) is 0 Å². The minimum absolute atomic E-state index is 1.12. The van der Waals surface area contributed by atoms with Crippen molar-refractivity contribution in [2.75, 3.05) is 0 Å². The zero-order chi connectivity index (χ0) is 14.9. The number of rotatable bonds is 3. The Labute approximate surface area is 108 Å². The maximum Gasteiger partial charge on any atom is 0.326 e. The van der Waals surface area contributed by atoms with Crippen molar-refractivity contribution in [3.05, 3.63) is 0 Å². The van der Waals surface area contributed by atoms with Gasteiger partial charge in [-0.3, -0.25) is 4.79 Å². The molecule has 0 heterocycles. The molecule has 0 aromatic rings. The lowest BCUT2D eigenvalue weighted by Gasteiger charge is -2.41. The highest BCUT2D eigenvalue weighted by Gasteiger charge is 2.50. The van der Waals surface area contributed by atoms with Crippen LogP contribution in [0, 0.1) is 0 Å². The Morgan fingerprint density at radius 2 is 1.37 bits per heavy atom. The van der Waals surface area contributed by atoms with E-state index in [1.165, 1.54) is 6.92 Å². The lowest BCUT2D eigenvalue weighted by atomic mass is 9.85. The van der Waals surface area contributed by atoms with Crippen LogP contribution in [0.4, 0.5) is 0 Å². The molecule has 1 rings (SSSR count). The zero-order valence-corrected chi connectivity index (χ0v) is 10.2. The maximum atomic E-state index is 11.5. The van der Waals surface area contributed by atoms with Crippen molar-refractivity contribution in [3.63, 3.8) is 0 Å². The van der Waals surface area contributed by atoms with Gasteiger partial charge in [0.05, 0.1) is 6.10 Å². The number of ether oxygens (including phenoxy) is 1. The molecule has 0 spiro atoms. The monoisotopic (exact) mass is 281 g/mol. The molecule has 6 atom stereocenters. The van der Waals surface area contributed by atoms with Crippen molar-refractivity contribution in [1.82, 2.24) is 0 Å². The van der Waals surface area contributed by atoms with Gasteiger partial charge in [-0.25, -0.2) is 0 Å². The molecule has 0 radical (unpaired) electrons. The van der Waals surface area contributed by atoms with E-state index in [0.717, 1.165) is 0 Å². The molecule has 0 aliphatic heterocycles. The third-order valence-corrected chi connectivity index (χ3v) is 3.12. The van der Waals surface area contributed by atoms with Crippen molar-refractivity contribution >= 4 is 5.97 Å². The van der Waals surface area contributed by atoms with Crippen LogP contribution >= 0.6 is 0 Å². The molecule has 1 aliphatic carbocycles. The average molecular weight is 281 g/mol. The molecule has 1 aliphatic rings. The maximum absolute atomic E-state index is 11.5. The summed E-state index contributed by atoms with van der Waals surface area (Å²) in [7, 11) is 0. The Morgan fingerprint density at radius 3 is 1.74 bits per heavy atom. The minimum atomic E-state index is -1.79. The van der Waals surface area contributed by atoms with E-state index in [4.69, 9.17) is 10.8 Å². The van der Waals surface area contributed by atoms with E-state index in [0.29, 0.717) is 0 Å². The summed E-state index contributed by atoms with van der Waals surface area (Å²) in [5, 5.41) is 56.5. The molecule has 19 heavy (non-hydrogen) atoms. The van der Waals surface area contributed by atoms with E-state index in [1.54, 1.807) is 0 Å². The van der Waals surface area contributed by atoms with Gasteiger partial charge in [-0.2, -0.15) is 0 Å². The van der Waals surface area contributed by atoms with Crippen LogP contribution in [0.3, 0.4) is 0 Å².